The van der Waals surface area contributed by atoms with Crippen molar-refractivity contribution in [3.8, 4) is 34.0 Å². The molecule has 0 fully saturated rings. The molecular weight excluding hydrogens is 454 g/mol. The molecule has 0 saturated carbocycles. The summed E-state index contributed by atoms with van der Waals surface area (Å²) in [6.07, 6.45) is 3.73. The zero-order valence-electron chi connectivity index (χ0n) is 18.3. The molecule has 1 aromatic heterocycles. The Morgan fingerprint density at radius 3 is 2.46 bits per heavy atom. The van der Waals surface area contributed by atoms with Crippen LogP contribution >= 0.6 is 0 Å². The summed E-state index contributed by atoms with van der Waals surface area (Å²) in [7, 11) is 0. The van der Waals surface area contributed by atoms with Crippen LogP contribution in [0.2, 0.25) is 0 Å². The highest BCUT2D eigenvalue weighted by molar-refractivity contribution is 5.67. The minimum absolute atomic E-state index is 0.0101. The number of hydrogen-bond acceptors (Lipinski definition) is 6. The van der Waals surface area contributed by atoms with Crippen molar-refractivity contribution in [2.75, 3.05) is 0 Å². The smallest absolute Gasteiger partial charge is 0.303 e. The zero-order valence-corrected chi connectivity index (χ0v) is 18.3. The summed E-state index contributed by atoms with van der Waals surface area (Å²) in [6.45, 7) is 0.327. The van der Waals surface area contributed by atoms with Gasteiger partial charge >= 0.3 is 5.97 Å². The molecule has 0 aliphatic carbocycles. The molecule has 2 aliphatic heterocycles. The summed E-state index contributed by atoms with van der Waals surface area (Å²) in [6, 6.07) is 15.1. The predicted molar refractivity (Wildman–Crippen MR) is 122 cm³/mol. The first-order valence-electron chi connectivity index (χ1n) is 10.7. The van der Waals surface area contributed by atoms with Gasteiger partial charge in [0.1, 0.15) is 11.4 Å². The van der Waals surface area contributed by atoms with Crippen molar-refractivity contribution < 1.29 is 18.7 Å². The van der Waals surface area contributed by atoms with Crippen molar-refractivity contribution in [1.29, 1.82) is 0 Å². The molecule has 0 radical (unpaired) electrons. The number of carbonyl (C=O) groups is 1. The first kappa shape index (κ1) is 22.2. The molecule has 10 heteroatoms. The van der Waals surface area contributed by atoms with Crippen molar-refractivity contribution in [3.63, 3.8) is 0 Å². The Bertz CT molecular complexity index is 1470. The predicted octanol–water partition coefficient (Wildman–Crippen LogP) is 4.25. The van der Waals surface area contributed by atoms with Gasteiger partial charge in [0.15, 0.2) is 17.5 Å². The Kier molecular flexibility index (Phi) is 5.92. The minimum atomic E-state index is -0.992. The Morgan fingerprint density at radius 1 is 0.914 bits per heavy atom. The number of imidazole rings is 1. The van der Waals surface area contributed by atoms with Crippen LogP contribution in [0.3, 0.4) is 0 Å². The van der Waals surface area contributed by atoms with Crippen molar-refractivity contribution >= 4 is 5.97 Å². The standard InChI is InChI=1S/C25H18F2N6O2/c26-19-3-1-2-18(24(19)27)25-29-21-12-28-33(14-22(21)30-25)13-17-9-10-20(32-31-17)16-7-4-15(5-8-16)6-11-23(34)35/h1-5,7-10,12,14H,6,11,13H2,(H,34,35). The summed E-state index contributed by atoms with van der Waals surface area (Å²) in [5, 5.41) is 21.7. The molecule has 0 bridgehead atoms. The van der Waals surface area contributed by atoms with Gasteiger partial charge in [0.25, 0.3) is 0 Å². The number of halogens is 2. The summed E-state index contributed by atoms with van der Waals surface area (Å²) >= 11 is 0. The first-order valence-corrected chi connectivity index (χ1v) is 10.7. The molecule has 0 saturated heterocycles. The van der Waals surface area contributed by atoms with E-state index >= 15 is 0 Å². The molecule has 174 valence electrons. The molecule has 5 rings (SSSR count). The quantitative estimate of drug-likeness (QED) is 0.377. The first-order chi connectivity index (χ1) is 17.0. The van der Waals surface area contributed by atoms with E-state index in [0.29, 0.717) is 35.7 Å². The molecule has 0 unspecified atom stereocenters. The number of aliphatic carboxylic acids is 1. The van der Waals surface area contributed by atoms with Crippen LogP contribution in [0.1, 0.15) is 17.7 Å². The van der Waals surface area contributed by atoms with Crippen LogP contribution in [-0.4, -0.2) is 41.0 Å². The maximum Gasteiger partial charge on any atom is 0.303 e. The second-order valence-corrected chi connectivity index (χ2v) is 7.89. The topological polar surface area (TPSA) is 107 Å². The maximum absolute atomic E-state index is 14.1. The number of carboxylic acid groups (broad SMARTS) is 1. The fourth-order valence-electron chi connectivity index (χ4n) is 3.60. The molecule has 0 atom stereocenters. The van der Waals surface area contributed by atoms with Gasteiger partial charge in [-0.2, -0.15) is 15.3 Å². The summed E-state index contributed by atoms with van der Waals surface area (Å²) in [5.41, 5.74) is 4.12. The van der Waals surface area contributed by atoms with Crippen LogP contribution in [0, 0.1) is 11.6 Å². The number of hydrogen-bond donors (Lipinski definition) is 1. The largest absolute Gasteiger partial charge is 0.481 e. The van der Waals surface area contributed by atoms with Crippen molar-refractivity contribution in [1.82, 2.24) is 29.9 Å². The summed E-state index contributed by atoms with van der Waals surface area (Å²) < 4.78 is 29.3. The lowest BCUT2D eigenvalue weighted by Gasteiger charge is -2.07. The number of fused-ring (bicyclic) bond motifs is 1. The molecular formula is C25H18F2N6O2. The van der Waals surface area contributed by atoms with E-state index in [1.807, 2.05) is 36.4 Å². The van der Waals surface area contributed by atoms with E-state index in [2.05, 4.69) is 25.3 Å². The molecule has 8 nitrogen and oxygen atoms in total. The molecule has 0 amide bonds. The molecule has 0 spiro atoms. The van der Waals surface area contributed by atoms with E-state index in [-0.39, 0.29) is 17.8 Å². The highest BCUT2D eigenvalue weighted by atomic mass is 19.2. The van der Waals surface area contributed by atoms with E-state index in [0.717, 1.165) is 17.2 Å². The van der Waals surface area contributed by atoms with Crippen LogP contribution in [0.25, 0.3) is 34.0 Å². The molecule has 3 aromatic rings. The van der Waals surface area contributed by atoms with E-state index in [9.17, 15) is 13.6 Å². The van der Waals surface area contributed by atoms with Crippen LogP contribution in [-0.2, 0) is 17.8 Å². The van der Waals surface area contributed by atoms with E-state index < -0.39 is 17.6 Å². The van der Waals surface area contributed by atoms with Crippen molar-refractivity contribution in [3.05, 3.63) is 89.9 Å². The molecule has 1 N–H and O–H groups in total. The highest BCUT2D eigenvalue weighted by Gasteiger charge is 2.18. The SMILES string of the molecule is O=C(O)CCc1ccc(-c2ccc(Cn3cc4nc(-c5cccc(F)c5F)nc-4cn3)nn2)cc1. The Balaban J connectivity index is 1.31. The van der Waals surface area contributed by atoms with Crippen LogP contribution in [0.4, 0.5) is 8.78 Å². The second-order valence-electron chi connectivity index (χ2n) is 7.89. The average Bonchev–Trinajstić information content (AvgIpc) is 3.28. The van der Waals surface area contributed by atoms with Gasteiger partial charge < -0.3 is 5.11 Å². The zero-order chi connectivity index (χ0) is 24.4. The fraction of sp³-hybridized carbons (Fsp3) is 0.120. The van der Waals surface area contributed by atoms with E-state index in [4.69, 9.17) is 5.11 Å². The van der Waals surface area contributed by atoms with Gasteiger partial charge in [-0.25, -0.2) is 18.7 Å². The lowest BCUT2D eigenvalue weighted by atomic mass is 10.1. The third kappa shape index (κ3) is 4.86. The Hall–Kier alpha value is -4.60. The average molecular weight is 472 g/mol. The molecule has 3 heterocycles. The van der Waals surface area contributed by atoms with E-state index in [1.165, 1.54) is 18.3 Å². The molecule has 2 aliphatic rings. The third-order valence-electron chi connectivity index (χ3n) is 5.43. The number of carboxylic acids is 1. The fourth-order valence-corrected chi connectivity index (χ4v) is 3.60. The van der Waals surface area contributed by atoms with Gasteiger partial charge in [-0.1, -0.05) is 30.3 Å². The Morgan fingerprint density at radius 2 is 1.71 bits per heavy atom. The van der Waals surface area contributed by atoms with Crippen LogP contribution in [0.15, 0.2) is 67.0 Å². The van der Waals surface area contributed by atoms with E-state index in [1.54, 1.807) is 10.9 Å². The number of nitrogens with zero attached hydrogens (tertiary/aromatic N) is 6. The van der Waals surface area contributed by atoms with Gasteiger partial charge in [0.05, 0.1) is 35.9 Å². The van der Waals surface area contributed by atoms with Gasteiger partial charge in [0.2, 0.25) is 0 Å². The van der Waals surface area contributed by atoms with Crippen molar-refractivity contribution in [2.45, 2.75) is 19.4 Å². The molecule has 2 aromatic carbocycles. The summed E-state index contributed by atoms with van der Waals surface area (Å²) in [4.78, 5) is 19.3. The summed E-state index contributed by atoms with van der Waals surface area (Å²) in [5.74, 6) is -2.68. The molecule has 35 heavy (non-hydrogen) atoms. The minimum Gasteiger partial charge on any atom is -0.481 e. The van der Waals surface area contributed by atoms with Crippen molar-refractivity contribution in [2.24, 2.45) is 0 Å². The normalized spacial score (nSPS) is 11.1. The number of aromatic nitrogens is 6. The third-order valence-corrected chi connectivity index (χ3v) is 5.43. The number of rotatable bonds is 7. The lowest BCUT2D eigenvalue weighted by molar-refractivity contribution is -0.136. The highest BCUT2D eigenvalue weighted by Crippen LogP contribution is 2.27. The monoisotopic (exact) mass is 472 g/mol. The van der Waals surface area contributed by atoms with Gasteiger partial charge in [-0.15, -0.1) is 0 Å². The van der Waals surface area contributed by atoms with Crippen LogP contribution in [0.5, 0.6) is 0 Å². The maximum atomic E-state index is 14.1. The van der Waals surface area contributed by atoms with Crippen LogP contribution < -0.4 is 0 Å². The van der Waals surface area contributed by atoms with Gasteiger partial charge in [-0.05, 0) is 36.2 Å². The number of aryl methyl sites for hydroxylation is 1. The number of benzene rings is 2. The van der Waals surface area contributed by atoms with Gasteiger partial charge in [0, 0.05) is 12.0 Å². The second kappa shape index (κ2) is 9.34. The Labute approximate surface area is 198 Å². The van der Waals surface area contributed by atoms with Gasteiger partial charge in [-0.3, -0.25) is 9.48 Å². The lowest BCUT2D eigenvalue weighted by Crippen LogP contribution is -2.07.